The number of hydrogen-bond acceptors (Lipinski definition) is 2. The third-order valence-electron chi connectivity index (χ3n) is 0.938. The number of halogens is 1. The lowest BCUT2D eigenvalue weighted by molar-refractivity contribution is 1.20. The lowest BCUT2D eigenvalue weighted by Crippen LogP contribution is -1.92. The van der Waals surface area contributed by atoms with Crippen LogP contribution >= 0.6 is 22.6 Å². The Balaban J connectivity index is 3.17. The van der Waals surface area contributed by atoms with Crippen LogP contribution in [-0.4, -0.2) is 4.98 Å². The summed E-state index contributed by atoms with van der Waals surface area (Å²) in [6.45, 7) is 1.93. The summed E-state index contributed by atoms with van der Waals surface area (Å²) in [7, 11) is 0. The van der Waals surface area contributed by atoms with Crippen molar-refractivity contribution in [2.24, 2.45) is 0 Å². The van der Waals surface area contributed by atoms with Gasteiger partial charge in [0.1, 0.15) is 5.82 Å². The predicted molar refractivity (Wildman–Crippen MR) is 46.1 cm³/mol. The van der Waals surface area contributed by atoms with Gasteiger partial charge < -0.3 is 5.73 Å². The van der Waals surface area contributed by atoms with E-state index in [0.717, 1.165) is 9.26 Å². The van der Waals surface area contributed by atoms with Crippen LogP contribution < -0.4 is 5.73 Å². The SMILES string of the molecule is Cc1cc(I)cc(N)n1. The average molecular weight is 234 g/mol. The molecule has 1 heterocycles. The van der Waals surface area contributed by atoms with Crippen LogP contribution in [0.5, 0.6) is 0 Å². The fourth-order valence-electron chi connectivity index (χ4n) is 0.651. The molecule has 0 saturated heterocycles. The second-order valence-corrected chi connectivity index (χ2v) is 3.10. The summed E-state index contributed by atoms with van der Waals surface area (Å²) in [6.07, 6.45) is 0. The second-order valence-electron chi connectivity index (χ2n) is 1.85. The van der Waals surface area contributed by atoms with Gasteiger partial charge in [-0.2, -0.15) is 0 Å². The number of nitrogens with zero attached hydrogens (tertiary/aromatic N) is 1. The summed E-state index contributed by atoms with van der Waals surface area (Å²) in [4.78, 5) is 4.01. The van der Waals surface area contributed by atoms with Crippen molar-refractivity contribution in [1.82, 2.24) is 4.98 Å². The lowest BCUT2D eigenvalue weighted by atomic mass is 10.4. The molecule has 3 heteroatoms. The quantitative estimate of drug-likeness (QED) is 0.692. The zero-order valence-corrected chi connectivity index (χ0v) is 7.21. The van der Waals surface area contributed by atoms with E-state index in [-0.39, 0.29) is 0 Å². The van der Waals surface area contributed by atoms with E-state index in [4.69, 9.17) is 5.73 Å². The largest absolute Gasteiger partial charge is 0.384 e. The van der Waals surface area contributed by atoms with Gasteiger partial charge in [0.25, 0.3) is 0 Å². The Bertz CT molecular complexity index is 172. The van der Waals surface area contributed by atoms with Crippen LogP contribution in [0.3, 0.4) is 0 Å². The molecule has 1 rings (SSSR count). The number of nitrogens with two attached hydrogens (primary N) is 1. The summed E-state index contributed by atoms with van der Waals surface area (Å²) in [6, 6.07) is 3.82. The fraction of sp³-hybridized carbons (Fsp3) is 0.167. The number of nitrogen functional groups attached to an aromatic ring is 1. The first-order chi connectivity index (χ1) is 4.18. The highest BCUT2D eigenvalue weighted by Crippen LogP contribution is 2.08. The highest BCUT2D eigenvalue weighted by molar-refractivity contribution is 14.1. The Labute approximate surface area is 67.6 Å². The Kier molecular flexibility index (Phi) is 1.90. The molecule has 0 aliphatic carbocycles. The van der Waals surface area contributed by atoms with Crippen molar-refractivity contribution in [3.05, 3.63) is 21.4 Å². The van der Waals surface area contributed by atoms with Gasteiger partial charge in [0.15, 0.2) is 0 Å². The zero-order valence-electron chi connectivity index (χ0n) is 5.06. The van der Waals surface area contributed by atoms with Gasteiger partial charge >= 0.3 is 0 Å². The van der Waals surface area contributed by atoms with E-state index >= 15 is 0 Å². The molecular weight excluding hydrogens is 227 g/mol. The topological polar surface area (TPSA) is 38.9 Å². The molecular formula is C6H7IN2. The van der Waals surface area contributed by atoms with Crippen LogP contribution in [0.1, 0.15) is 5.69 Å². The van der Waals surface area contributed by atoms with Crippen LogP contribution in [0.4, 0.5) is 5.82 Å². The van der Waals surface area contributed by atoms with E-state index in [1.54, 1.807) is 0 Å². The fourth-order valence-corrected chi connectivity index (χ4v) is 1.42. The van der Waals surface area contributed by atoms with Gasteiger partial charge in [0.2, 0.25) is 0 Å². The van der Waals surface area contributed by atoms with Gasteiger partial charge in [-0.25, -0.2) is 4.98 Å². The molecule has 2 N–H and O–H groups in total. The zero-order chi connectivity index (χ0) is 6.85. The maximum Gasteiger partial charge on any atom is 0.124 e. The molecule has 48 valence electrons. The lowest BCUT2D eigenvalue weighted by Gasteiger charge is -1.94. The van der Waals surface area contributed by atoms with Gasteiger partial charge in [-0.05, 0) is 41.6 Å². The summed E-state index contributed by atoms with van der Waals surface area (Å²) >= 11 is 2.21. The van der Waals surface area contributed by atoms with E-state index in [2.05, 4.69) is 27.6 Å². The highest BCUT2D eigenvalue weighted by atomic mass is 127. The molecule has 1 aromatic heterocycles. The summed E-state index contributed by atoms with van der Waals surface area (Å²) in [5.74, 6) is 0.597. The molecule has 0 saturated carbocycles. The van der Waals surface area contributed by atoms with Crippen LogP contribution in [-0.2, 0) is 0 Å². The first-order valence-electron chi connectivity index (χ1n) is 2.58. The number of aromatic nitrogens is 1. The second kappa shape index (κ2) is 2.51. The standard InChI is InChI=1S/C6H7IN2/c1-4-2-5(7)3-6(8)9-4/h2-3H,1H3,(H2,8,9). The summed E-state index contributed by atoms with van der Waals surface area (Å²) in [5.41, 5.74) is 6.42. The molecule has 0 aliphatic heterocycles. The Hall–Kier alpha value is -0.320. The highest BCUT2D eigenvalue weighted by Gasteiger charge is 1.90. The minimum absolute atomic E-state index is 0.597. The van der Waals surface area contributed by atoms with Crippen molar-refractivity contribution in [2.75, 3.05) is 5.73 Å². The van der Waals surface area contributed by atoms with Gasteiger partial charge in [-0.3, -0.25) is 0 Å². The van der Waals surface area contributed by atoms with E-state index in [9.17, 15) is 0 Å². The maximum absolute atomic E-state index is 5.44. The molecule has 0 aliphatic rings. The molecule has 1 aromatic rings. The van der Waals surface area contributed by atoms with E-state index in [1.807, 2.05) is 19.1 Å². The number of hydrogen-bond donors (Lipinski definition) is 1. The van der Waals surface area contributed by atoms with E-state index in [0.29, 0.717) is 5.82 Å². The summed E-state index contributed by atoms with van der Waals surface area (Å²) < 4.78 is 1.14. The van der Waals surface area contributed by atoms with Crippen molar-refractivity contribution in [1.29, 1.82) is 0 Å². The van der Waals surface area contributed by atoms with Gasteiger partial charge in [-0.15, -0.1) is 0 Å². The molecule has 9 heavy (non-hydrogen) atoms. The predicted octanol–water partition coefficient (Wildman–Crippen LogP) is 1.58. The minimum Gasteiger partial charge on any atom is -0.384 e. The van der Waals surface area contributed by atoms with E-state index in [1.165, 1.54) is 0 Å². The molecule has 0 amide bonds. The normalized spacial score (nSPS) is 9.56. The average Bonchev–Trinajstić information content (AvgIpc) is 1.59. The monoisotopic (exact) mass is 234 g/mol. The Morgan fingerprint density at radius 2 is 2.22 bits per heavy atom. The van der Waals surface area contributed by atoms with Gasteiger partial charge in [0.05, 0.1) is 0 Å². The molecule has 0 fully saturated rings. The van der Waals surface area contributed by atoms with Crippen LogP contribution in [0, 0.1) is 10.5 Å². The molecule has 0 unspecified atom stereocenters. The number of aryl methyl sites for hydroxylation is 1. The van der Waals surface area contributed by atoms with Crippen LogP contribution in [0.15, 0.2) is 12.1 Å². The smallest absolute Gasteiger partial charge is 0.124 e. The first-order valence-corrected chi connectivity index (χ1v) is 3.66. The first kappa shape index (κ1) is 6.80. The molecule has 2 nitrogen and oxygen atoms in total. The maximum atomic E-state index is 5.44. The molecule has 0 aromatic carbocycles. The molecule has 0 spiro atoms. The van der Waals surface area contributed by atoms with Crippen molar-refractivity contribution in [3.8, 4) is 0 Å². The van der Waals surface area contributed by atoms with Crippen molar-refractivity contribution < 1.29 is 0 Å². The molecule has 0 atom stereocenters. The molecule has 0 radical (unpaired) electrons. The van der Waals surface area contributed by atoms with Crippen molar-refractivity contribution >= 4 is 28.4 Å². The molecule has 0 bridgehead atoms. The summed E-state index contributed by atoms with van der Waals surface area (Å²) in [5, 5.41) is 0. The Morgan fingerprint density at radius 1 is 1.56 bits per heavy atom. The van der Waals surface area contributed by atoms with Crippen LogP contribution in [0.2, 0.25) is 0 Å². The van der Waals surface area contributed by atoms with Gasteiger partial charge in [0, 0.05) is 9.26 Å². The minimum atomic E-state index is 0.597. The van der Waals surface area contributed by atoms with Crippen LogP contribution in [0.25, 0.3) is 0 Å². The number of anilines is 1. The van der Waals surface area contributed by atoms with E-state index < -0.39 is 0 Å². The number of pyridine rings is 1. The van der Waals surface area contributed by atoms with Crippen molar-refractivity contribution in [2.45, 2.75) is 6.92 Å². The third kappa shape index (κ3) is 1.82. The number of rotatable bonds is 0. The third-order valence-corrected chi connectivity index (χ3v) is 1.56. The Morgan fingerprint density at radius 3 is 2.67 bits per heavy atom. The van der Waals surface area contributed by atoms with Gasteiger partial charge in [-0.1, -0.05) is 0 Å². The van der Waals surface area contributed by atoms with Crippen molar-refractivity contribution in [3.63, 3.8) is 0 Å².